The van der Waals surface area contributed by atoms with Crippen LogP contribution in [0.5, 0.6) is 0 Å². The Morgan fingerprint density at radius 1 is 1.16 bits per heavy atom. The van der Waals surface area contributed by atoms with Crippen LogP contribution in [0.15, 0.2) is 29.3 Å². The molecule has 1 aliphatic heterocycles. The molecule has 1 aromatic rings. The Hall–Kier alpha value is -1.59. The smallest absolute Gasteiger partial charge is 0.193 e. The van der Waals surface area contributed by atoms with Crippen molar-refractivity contribution in [3.8, 4) is 0 Å². The van der Waals surface area contributed by atoms with Crippen LogP contribution in [0, 0.1) is 6.92 Å². The minimum absolute atomic E-state index is 0.873. The second kappa shape index (κ2) is 10.4. The van der Waals surface area contributed by atoms with Gasteiger partial charge in [-0.15, -0.1) is 0 Å². The van der Waals surface area contributed by atoms with Gasteiger partial charge in [-0.25, -0.2) is 0 Å². The summed E-state index contributed by atoms with van der Waals surface area (Å²) in [4.78, 5) is 11.6. The molecule has 25 heavy (non-hydrogen) atoms. The Morgan fingerprint density at radius 3 is 2.64 bits per heavy atom. The number of aryl methyl sites for hydroxylation is 1. The number of hydrogen-bond donors (Lipinski definition) is 1. The number of likely N-dealkylation sites (N-methyl/N-ethyl adjacent to an activating group) is 1. The van der Waals surface area contributed by atoms with Gasteiger partial charge in [0.2, 0.25) is 0 Å². The van der Waals surface area contributed by atoms with Crippen LogP contribution in [0.3, 0.4) is 0 Å². The Balaban J connectivity index is 1.69. The van der Waals surface area contributed by atoms with Gasteiger partial charge < -0.3 is 20.0 Å². The maximum Gasteiger partial charge on any atom is 0.193 e. The zero-order valence-corrected chi connectivity index (χ0v) is 16.5. The van der Waals surface area contributed by atoms with Gasteiger partial charge in [-0.3, -0.25) is 4.99 Å². The van der Waals surface area contributed by atoms with Crippen molar-refractivity contribution in [2.45, 2.75) is 26.3 Å². The van der Waals surface area contributed by atoms with E-state index in [0.717, 1.165) is 25.5 Å². The van der Waals surface area contributed by atoms with E-state index in [0.29, 0.717) is 0 Å². The number of aliphatic imine (C=N–C) groups is 1. The topological polar surface area (TPSA) is 34.1 Å². The lowest BCUT2D eigenvalue weighted by Crippen LogP contribution is -2.40. The molecule has 0 aromatic heterocycles. The summed E-state index contributed by atoms with van der Waals surface area (Å²) < 4.78 is 0. The minimum Gasteiger partial charge on any atom is -0.356 e. The highest BCUT2D eigenvalue weighted by molar-refractivity contribution is 5.79. The molecule has 0 atom stereocenters. The summed E-state index contributed by atoms with van der Waals surface area (Å²) in [6.45, 7) is 9.97. The summed E-state index contributed by atoms with van der Waals surface area (Å²) in [6, 6.07) is 8.71. The molecule has 140 valence electrons. The highest BCUT2D eigenvalue weighted by Gasteiger charge is 2.11. The predicted octanol–water partition coefficient (Wildman–Crippen LogP) is 2.03. The Labute approximate surface area is 153 Å². The third-order valence-electron chi connectivity index (χ3n) is 4.86. The van der Waals surface area contributed by atoms with Crippen LogP contribution >= 0.6 is 0 Å². The highest BCUT2D eigenvalue weighted by atomic mass is 15.3. The molecule has 0 saturated carbocycles. The van der Waals surface area contributed by atoms with Gasteiger partial charge in [0, 0.05) is 40.3 Å². The quantitative estimate of drug-likeness (QED) is 0.486. The first-order valence-electron chi connectivity index (χ1n) is 9.46. The molecule has 1 fully saturated rings. The van der Waals surface area contributed by atoms with Crippen LogP contribution in [-0.2, 0) is 6.54 Å². The molecule has 1 heterocycles. The standard InChI is InChI=1S/C20H35N5/c1-18-7-9-19(10-8-18)17-24(4)20(21-2)22-11-5-13-25-14-6-12-23(3)15-16-25/h7-10H,5-6,11-17H2,1-4H3,(H,21,22). The zero-order chi connectivity index (χ0) is 18.1. The van der Waals surface area contributed by atoms with Gasteiger partial charge >= 0.3 is 0 Å². The van der Waals surface area contributed by atoms with Crippen molar-refractivity contribution in [3.05, 3.63) is 35.4 Å². The lowest BCUT2D eigenvalue weighted by molar-refractivity contribution is 0.273. The summed E-state index contributed by atoms with van der Waals surface area (Å²) in [5.41, 5.74) is 2.61. The fourth-order valence-electron chi connectivity index (χ4n) is 3.25. The van der Waals surface area contributed by atoms with Crippen molar-refractivity contribution in [2.24, 2.45) is 4.99 Å². The monoisotopic (exact) mass is 345 g/mol. The molecule has 2 rings (SSSR count). The predicted molar refractivity (Wildman–Crippen MR) is 107 cm³/mol. The van der Waals surface area contributed by atoms with Gasteiger partial charge in [0.05, 0.1) is 0 Å². The molecule has 1 aromatic carbocycles. The van der Waals surface area contributed by atoms with Crippen molar-refractivity contribution >= 4 is 5.96 Å². The lowest BCUT2D eigenvalue weighted by Gasteiger charge is -2.23. The van der Waals surface area contributed by atoms with E-state index in [4.69, 9.17) is 0 Å². The van der Waals surface area contributed by atoms with Crippen LogP contribution < -0.4 is 5.32 Å². The Kier molecular flexibility index (Phi) is 8.22. The molecule has 0 bridgehead atoms. The van der Waals surface area contributed by atoms with Crippen molar-refractivity contribution in [3.63, 3.8) is 0 Å². The van der Waals surface area contributed by atoms with Crippen LogP contribution in [0.1, 0.15) is 24.0 Å². The van der Waals surface area contributed by atoms with Gasteiger partial charge in [-0.2, -0.15) is 0 Å². The average Bonchev–Trinajstić information content (AvgIpc) is 2.81. The SMILES string of the molecule is CN=C(NCCCN1CCCN(C)CC1)N(C)Cc1ccc(C)cc1. The molecular weight excluding hydrogens is 310 g/mol. The maximum absolute atomic E-state index is 4.42. The number of nitrogens with zero attached hydrogens (tertiary/aromatic N) is 4. The first-order valence-corrected chi connectivity index (χ1v) is 9.46. The third kappa shape index (κ3) is 7.04. The van der Waals surface area contributed by atoms with E-state index in [9.17, 15) is 0 Å². The van der Waals surface area contributed by atoms with E-state index in [-0.39, 0.29) is 0 Å². The van der Waals surface area contributed by atoms with Crippen LogP contribution in [0.25, 0.3) is 0 Å². The van der Waals surface area contributed by atoms with Gasteiger partial charge in [-0.1, -0.05) is 29.8 Å². The molecule has 1 N–H and O–H groups in total. The lowest BCUT2D eigenvalue weighted by atomic mass is 10.1. The van der Waals surface area contributed by atoms with Crippen LogP contribution in [-0.4, -0.2) is 81.1 Å². The summed E-state index contributed by atoms with van der Waals surface area (Å²) in [5, 5.41) is 3.50. The average molecular weight is 346 g/mol. The largest absolute Gasteiger partial charge is 0.356 e. The van der Waals surface area contributed by atoms with E-state index >= 15 is 0 Å². The van der Waals surface area contributed by atoms with Gasteiger partial charge in [0.1, 0.15) is 0 Å². The normalized spacial score (nSPS) is 17.4. The van der Waals surface area contributed by atoms with E-state index in [1.165, 1.54) is 50.3 Å². The van der Waals surface area contributed by atoms with Gasteiger partial charge in [0.15, 0.2) is 5.96 Å². The van der Waals surface area contributed by atoms with Gasteiger partial charge in [-0.05, 0) is 52.0 Å². The molecule has 1 saturated heterocycles. The number of hydrogen-bond acceptors (Lipinski definition) is 3. The van der Waals surface area contributed by atoms with Crippen molar-refractivity contribution in [1.29, 1.82) is 0 Å². The van der Waals surface area contributed by atoms with Crippen molar-refractivity contribution < 1.29 is 0 Å². The first kappa shape index (κ1) is 19.7. The Morgan fingerprint density at radius 2 is 1.92 bits per heavy atom. The second-order valence-electron chi connectivity index (χ2n) is 7.17. The van der Waals surface area contributed by atoms with Crippen molar-refractivity contribution in [1.82, 2.24) is 20.0 Å². The summed E-state index contributed by atoms with van der Waals surface area (Å²) in [6.07, 6.45) is 2.44. The molecule has 0 unspecified atom stereocenters. The maximum atomic E-state index is 4.42. The first-order chi connectivity index (χ1) is 12.1. The van der Waals surface area contributed by atoms with E-state index in [1.54, 1.807) is 0 Å². The third-order valence-corrected chi connectivity index (χ3v) is 4.86. The fourth-order valence-corrected chi connectivity index (χ4v) is 3.25. The number of rotatable bonds is 6. The van der Waals surface area contributed by atoms with Crippen molar-refractivity contribution in [2.75, 3.05) is 60.4 Å². The molecular formula is C20H35N5. The minimum atomic E-state index is 0.873. The summed E-state index contributed by atoms with van der Waals surface area (Å²) in [7, 11) is 6.18. The molecule has 5 heteroatoms. The number of guanidine groups is 1. The fraction of sp³-hybridized carbons (Fsp3) is 0.650. The molecule has 5 nitrogen and oxygen atoms in total. The number of benzene rings is 1. The van der Waals surface area contributed by atoms with E-state index < -0.39 is 0 Å². The molecule has 0 radical (unpaired) electrons. The molecule has 0 spiro atoms. The second-order valence-corrected chi connectivity index (χ2v) is 7.17. The van der Waals surface area contributed by atoms with E-state index in [2.05, 4.69) is 70.3 Å². The zero-order valence-electron chi connectivity index (χ0n) is 16.5. The molecule has 0 amide bonds. The summed E-state index contributed by atoms with van der Waals surface area (Å²) >= 11 is 0. The van der Waals surface area contributed by atoms with Crippen LogP contribution in [0.4, 0.5) is 0 Å². The molecule has 1 aliphatic rings. The summed E-state index contributed by atoms with van der Waals surface area (Å²) in [5.74, 6) is 0.969. The molecule has 0 aliphatic carbocycles. The van der Waals surface area contributed by atoms with Crippen LogP contribution in [0.2, 0.25) is 0 Å². The number of nitrogens with one attached hydrogen (secondary N) is 1. The van der Waals surface area contributed by atoms with E-state index in [1.807, 2.05) is 7.05 Å². The highest BCUT2D eigenvalue weighted by Crippen LogP contribution is 2.06. The Bertz CT molecular complexity index is 525. The van der Waals surface area contributed by atoms with Gasteiger partial charge in [0.25, 0.3) is 0 Å².